The van der Waals surface area contributed by atoms with Gasteiger partial charge in [0.2, 0.25) is 5.91 Å². The van der Waals surface area contributed by atoms with Gasteiger partial charge in [0.1, 0.15) is 18.0 Å². The highest BCUT2D eigenvalue weighted by molar-refractivity contribution is 6.11. The van der Waals surface area contributed by atoms with E-state index >= 15 is 0 Å². The van der Waals surface area contributed by atoms with Crippen LogP contribution in [0.4, 0.5) is 19.0 Å². The van der Waals surface area contributed by atoms with Gasteiger partial charge in [-0.3, -0.25) is 10.2 Å². The molecular weight excluding hydrogens is 359 g/mol. The molecule has 5 rings (SSSR count). The Morgan fingerprint density at radius 1 is 1.19 bits per heavy atom. The van der Waals surface area contributed by atoms with Crippen molar-refractivity contribution in [3.63, 3.8) is 0 Å². The predicted molar refractivity (Wildman–Crippen MR) is 92.9 cm³/mol. The van der Waals surface area contributed by atoms with Crippen LogP contribution in [0, 0.1) is 0 Å². The Morgan fingerprint density at radius 2 is 2.00 bits per heavy atom. The van der Waals surface area contributed by atoms with Gasteiger partial charge in [0.05, 0.1) is 5.39 Å². The molecule has 1 unspecified atom stereocenters. The standard InChI is InChI=1S/C18H16F3N5O/c19-18(20,21)13-5-6-14(27)26(13)25-17-15-11-7-10(9-1-2-9)3-4-12(11)24-16(15)22-8-23-17/h3-4,7-9,13H,1-2,5-6H2,(H2,22,23,24,25). The SMILES string of the molecule is O=C1CCC(C(F)(F)F)N1Nc1ncnc2[nH]c3ccc(C4CC4)cc3c12. The molecule has 3 aromatic rings. The number of anilines is 1. The minimum atomic E-state index is -4.50. The Balaban J connectivity index is 1.61. The molecule has 0 radical (unpaired) electrons. The summed E-state index contributed by atoms with van der Waals surface area (Å²) >= 11 is 0. The number of carbonyl (C=O) groups excluding carboxylic acids is 1. The van der Waals surface area contributed by atoms with Gasteiger partial charge in [0.15, 0.2) is 5.82 Å². The highest BCUT2D eigenvalue weighted by Gasteiger charge is 2.49. The molecule has 1 saturated carbocycles. The summed E-state index contributed by atoms with van der Waals surface area (Å²) in [6.45, 7) is 0. The van der Waals surface area contributed by atoms with E-state index in [0.717, 1.165) is 23.7 Å². The number of nitrogens with one attached hydrogen (secondary N) is 2. The summed E-state index contributed by atoms with van der Waals surface area (Å²) in [6.07, 6.45) is -1.35. The maximum atomic E-state index is 13.3. The van der Waals surface area contributed by atoms with E-state index in [1.807, 2.05) is 12.1 Å². The van der Waals surface area contributed by atoms with Gasteiger partial charge < -0.3 is 4.98 Å². The lowest BCUT2D eigenvalue weighted by Crippen LogP contribution is -2.46. The second-order valence-electron chi connectivity index (χ2n) is 7.12. The van der Waals surface area contributed by atoms with Crippen molar-refractivity contribution in [3.05, 3.63) is 30.1 Å². The summed E-state index contributed by atoms with van der Waals surface area (Å²) in [7, 11) is 0. The zero-order valence-corrected chi connectivity index (χ0v) is 14.2. The van der Waals surface area contributed by atoms with Crippen LogP contribution < -0.4 is 5.43 Å². The van der Waals surface area contributed by atoms with Crippen molar-refractivity contribution in [2.24, 2.45) is 0 Å². The van der Waals surface area contributed by atoms with Crippen molar-refractivity contribution >= 4 is 33.7 Å². The number of hydrogen-bond donors (Lipinski definition) is 2. The third-order valence-electron chi connectivity index (χ3n) is 5.28. The highest BCUT2D eigenvalue weighted by Crippen LogP contribution is 2.42. The molecule has 1 atom stereocenters. The Bertz CT molecular complexity index is 1060. The van der Waals surface area contributed by atoms with Crippen LogP contribution in [0.1, 0.15) is 37.2 Å². The van der Waals surface area contributed by atoms with Crippen LogP contribution in [0.2, 0.25) is 0 Å². The van der Waals surface area contributed by atoms with Gasteiger partial charge in [0, 0.05) is 17.3 Å². The lowest BCUT2D eigenvalue weighted by molar-refractivity contribution is -0.177. The molecule has 3 heterocycles. The zero-order chi connectivity index (χ0) is 18.8. The van der Waals surface area contributed by atoms with E-state index in [0.29, 0.717) is 22.0 Å². The average molecular weight is 375 g/mol. The van der Waals surface area contributed by atoms with Crippen LogP contribution in [0.15, 0.2) is 24.5 Å². The van der Waals surface area contributed by atoms with Crippen LogP contribution in [0.25, 0.3) is 21.9 Å². The van der Waals surface area contributed by atoms with Crippen molar-refractivity contribution in [2.75, 3.05) is 5.43 Å². The summed E-state index contributed by atoms with van der Waals surface area (Å²) < 4.78 is 39.8. The molecule has 2 aromatic heterocycles. The predicted octanol–water partition coefficient (Wildman–Crippen LogP) is 3.87. The van der Waals surface area contributed by atoms with Gasteiger partial charge in [-0.2, -0.15) is 13.2 Å². The Morgan fingerprint density at radius 3 is 2.74 bits per heavy atom. The summed E-state index contributed by atoms with van der Waals surface area (Å²) in [5.41, 5.74) is 5.17. The second kappa shape index (κ2) is 5.58. The summed E-state index contributed by atoms with van der Waals surface area (Å²) in [5, 5.41) is 2.09. The fourth-order valence-electron chi connectivity index (χ4n) is 3.74. The van der Waals surface area contributed by atoms with Crippen LogP contribution >= 0.6 is 0 Å². The normalized spacial score (nSPS) is 20.8. The number of hydrazine groups is 1. The number of fused-ring (bicyclic) bond motifs is 3. The minimum absolute atomic E-state index is 0.148. The molecule has 1 amide bonds. The largest absolute Gasteiger partial charge is 0.410 e. The van der Waals surface area contributed by atoms with Crippen LogP contribution in [-0.2, 0) is 4.79 Å². The maximum absolute atomic E-state index is 13.3. The van der Waals surface area contributed by atoms with Crippen LogP contribution in [0.5, 0.6) is 0 Å². The number of aromatic amines is 1. The van der Waals surface area contributed by atoms with E-state index in [4.69, 9.17) is 0 Å². The number of benzene rings is 1. The van der Waals surface area contributed by atoms with E-state index in [2.05, 4.69) is 26.4 Å². The third-order valence-corrected chi connectivity index (χ3v) is 5.28. The van der Waals surface area contributed by atoms with Gasteiger partial charge in [-0.05, 0) is 42.9 Å². The Kier molecular flexibility index (Phi) is 3.38. The second-order valence-corrected chi connectivity index (χ2v) is 7.12. The summed E-state index contributed by atoms with van der Waals surface area (Å²) in [5.74, 6) is 0.140. The van der Waals surface area contributed by atoms with Gasteiger partial charge in [-0.25, -0.2) is 15.0 Å². The molecule has 2 aliphatic rings. The van der Waals surface area contributed by atoms with E-state index in [9.17, 15) is 18.0 Å². The molecular formula is C18H16F3N5O. The molecule has 2 N–H and O–H groups in total. The molecule has 140 valence electrons. The van der Waals surface area contributed by atoms with Gasteiger partial charge in [0.25, 0.3) is 0 Å². The molecule has 6 nitrogen and oxygen atoms in total. The number of alkyl halides is 3. The lowest BCUT2D eigenvalue weighted by Gasteiger charge is -2.27. The van der Waals surface area contributed by atoms with E-state index in [1.165, 1.54) is 11.9 Å². The van der Waals surface area contributed by atoms with Crippen molar-refractivity contribution in [1.29, 1.82) is 0 Å². The van der Waals surface area contributed by atoms with Crippen LogP contribution in [-0.4, -0.2) is 38.1 Å². The van der Waals surface area contributed by atoms with E-state index in [-0.39, 0.29) is 18.7 Å². The fourth-order valence-corrected chi connectivity index (χ4v) is 3.74. The summed E-state index contributed by atoms with van der Waals surface area (Å²) in [4.78, 5) is 23.5. The van der Waals surface area contributed by atoms with Gasteiger partial charge in [-0.15, -0.1) is 0 Å². The van der Waals surface area contributed by atoms with Crippen molar-refractivity contribution in [1.82, 2.24) is 20.0 Å². The van der Waals surface area contributed by atoms with Gasteiger partial charge in [-0.1, -0.05) is 6.07 Å². The number of aromatic nitrogens is 3. The topological polar surface area (TPSA) is 73.9 Å². The minimum Gasteiger partial charge on any atom is -0.339 e. The number of amides is 1. The molecule has 1 aliphatic carbocycles. The first-order valence-corrected chi connectivity index (χ1v) is 8.83. The van der Waals surface area contributed by atoms with Gasteiger partial charge >= 0.3 is 6.18 Å². The molecule has 1 aliphatic heterocycles. The zero-order valence-electron chi connectivity index (χ0n) is 14.2. The molecule has 2 fully saturated rings. The quantitative estimate of drug-likeness (QED) is 0.729. The van der Waals surface area contributed by atoms with Crippen LogP contribution in [0.3, 0.4) is 0 Å². The smallest absolute Gasteiger partial charge is 0.339 e. The number of nitrogens with zero attached hydrogens (tertiary/aromatic N) is 3. The number of halogens is 3. The maximum Gasteiger partial charge on any atom is 0.410 e. The summed E-state index contributed by atoms with van der Waals surface area (Å²) in [6, 6.07) is 4.18. The number of rotatable bonds is 3. The fraction of sp³-hybridized carbons (Fsp3) is 0.389. The van der Waals surface area contributed by atoms with E-state index in [1.54, 1.807) is 0 Å². The van der Waals surface area contributed by atoms with Crippen molar-refractivity contribution in [3.8, 4) is 0 Å². The molecule has 1 saturated heterocycles. The monoisotopic (exact) mass is 375 g/mol. The lowest BCUT2D eigenvalue weighted by atomic mass is 10.1. The molecule has 0 spiro atoms. The highest BCUT2D eigenvalue weighted by atomic mass is 19.4. The number of H-pyrrole nitrogens is 1. The average Bonchev–Trinajstić information content (AvgIpc) is 3.30. The van der Waals surface area contributed by atoms with Crippen molar-refractivity contribution in [2.45, 2.75) is 43.8 Å². The third kappa shape index (κ3) is 2.68. The Labute approximate surface area is 151 Å². The first-order chi connectivity index (χ1) is 12.9. The molecule has 9 heteroatoms. The number of hydrogen-bond acceptors (Lipinski definition) is 4. The van der Waals surface area contributed by atoms with Crippen molar-refractivity contribution < 1.29 is 18.0 Å². The molecule has 1 aromatic carbocycles. The molecule has 27 heavy (non-hydrogen) atoms. The Hall–Kier alpha value is -2.84. The first kappa shape index (κ1) is 16.3. The molecule has 0 bridgehead atoms. The number of carbonyl (C=O) groups is 1. The van der Waals surface area contributed by atoms with E-state index < -0.39 is 18.1 Å². The first-order valence-electron chi connectivity index (χ1n) is 8.83.